The van der Waals surface area contributed by atoms with E-state index in [0.29, 0.717) is 11.5 Å². The van der Waals surface area contributed by atoms with Crippen LogP contribution in [0.2, 0.25) is 0 Å². The van der Waals surface area contributed by atoms with Crippen molar-refractivity contribution in [2.45, 2.75) is 31.3 Å². The first-order valence-corrected chi connectivity index (χ1v) is 10.3. The van der Waals surface area contributed by atoms with Crippen LogP contribution in [-0.2, 0) is 12.3 Å². The molecule has 0 spiro atoms. The lowest BCUT2D eigenvalue weighted by atomic mass is 10.1. The third kappa shape index (κ3) is 3.54. The van der Waals surface area contributed by atoms with Gasteiger partial charge in [0, 0.05) is 23.4 Å². The lowest BCUT2D eigenvalue weighted by molar-refractivity contribution is 0.426. The van der Waals surface area contributed by atoms with Crippen molar-refractivity contribution in [1.82, 2.24) is 19.9 Å². The van der Waals surface area contributed by atoms with Crippen molar-refractivity contribution >= 4 is 23.1 Å². The van der Waals surface area contributed by atoms with E-state index >= 15 is 0 Å². The normalized spacial score (nSPS) is 11.2. The van der Waals surface area contributed by atoms with Crippen LogP contribution in [0.3, 0.4) is 0 Å². The van der Waals surface area contributed by atoms with Crippen molar-refractivity contribution in [2.24, 2.45) is 0 Å². The summed E-state index contributed by atoms with van der Waals surface area (Å²) >= 11 is 3.23. The molecule has 0 aliphatic heterocycles. The third-order valence-corrected chi connectivity index (χ3v) is 6.08. The van der Waals surface area contributed by atoms with Gasteiger partial charge in [0.2, 0.25) is 0 Å². The van der Waals surface area contributed by atoms with E-state index in [1.807, 2.05) is 24.4 Å². The first-order valence-electron chi connectivity index (χ1n) is 8.48. The van der Waals surface area contributed by atoms with Crippen molar-refractivity contribution < 1.29 is 8.91 Å². The molecule has 0 unspecified atom stereocenters. The standard InChI is InChI=1S/C19H17FN4OS2/c1-3-24-18(16-5-4-10-26-16)21-22-19(24)27-11-15-12(2)17(25-23-15)13-6-8-14(20)9-7-13/h4-10H,3,11H2,1-2H3. The van der Waals surface area contributed by atoms with Gasteiger partial charge >= 0.3 is 0 Å². The second kappa shape index (κ2) is 7.66. The number of hydrogen-bond donors (Lipinski definition) is 0. The van der Waals surface area contributed by atoms with E-state index in [4.69, 9.17) is 4.52 Å². The Hall–Kier alpha value is -2.45. The zero-order valence-electron chi connectivity index (χ0n) is 14.8. The molecule has 0 amide bonds. The molecule has 0 radical (unpaired) electrons. The summed E-state index contributed by atoms with van der Waals surface area (Å²) in [5, 5.41) is 15.8. The maximum atomic E-state index is 13.1. The smallest absolute Gasteiger partial charge is 0.191 e. The van der Waals surface area contributed by atoms with E-state index in [2.05, 4.69) is 26.8 Å². The van der Waals surface area contributed by atoms with E-state index < -0.39 is 0 Å². The molecule has 8 heteroatoms. The number of benzene rings is 1. The van der Waals surface area contributed by atoms with Crippen LogP contribution in [0.1, 0.15) is 18.2 Å². The summed E-state index contributed by atoms with van der Waals surface area (Å²) in [4.78, 5) is 1.10. The highest BCUT2D eigenvalue weighted by Gasteiger charge is 2.17. The van der Waals surface area contributed by atoms with Crippen molar-refractivity contribution in [3.63, 3.8) is 0 Å². The number of thiophene rings is 1. The Balaban J connectivity index is 1.54. The van der Waals surface area contributed by atoms with E-state index in [1.165, 1.54) is 12.1 Å². The second-order valence-corrected chi connectivity index (χ2v) is 7.80. The van der Waals surface area contributed by atoms with Crippen molar-refractivity contribution in [3.05, 3.63) is 58.9 Å². The largest absolute Gasteiger partial charge is 0.356 e. The molecular formula is C19H17FN4OS2. The fourth-order valence-corrected chi connectivity index (χ4v) is 4.50. The SMILES string of the molecule is CCn1c(SCc2noc(-c3ccc(F)cc3)c2C)nnc1-c1cccs1. The number of aromatic nitrogens is 4. The van der Waals surface area contributed by atoms with Gasteiger partial charge in [-0.05, 0) is 49.6 Å². The van der Waals surface area contributed by atoms with Gasteiger partial charge in [0.1, 0.15) is 5.82 Å². The molecule has 1 aromatic carbocycles. The molecule has 0 N–H and O–H groups in total. The Bertz CT molecular complexity index is 1040. The minimum atomic E-state index is -0.271. The summed E-state index contributed by atoms with van der Waals surface area (Å²) < 4.78 is 20.7. The molecule has 4 rings (SSSR count). The van der Waals surface area contributed by atoms with Crippen LogP contribution in [0.5, 0.6) is 0 Å². The lowest BCUT2D eigenvalue weighted by Gasteiger charge is -2.05. The molecule has 0 aliphatic carbocycles. The highest BCUT2D eigenvalue weighted by Crippen LogP contribution is 2.31. The zero-order chi connectivity index (χ0) is 18.8. The van der Waals surface area contributed by atoms with Gasteiger partial charge in [-0.15, -0.1) is 21.5 Å². The Morgan fingerprint density at radius 2 is 2.00 bits per heavy atom. The van der Waals surface area contributed by atoms with Crippen LogP contribution >= 0.6 is 23.1 Å². The first-order chi connectivity index (χ1) is 13.2. The monoisotopic (exact) mass is 400 g/mol. The fraction of sp³-hybridized carbons (Fsp3) is 0.211. The van der Waals surface area contributed by atoms with Gasteiger partial charge < -0.3 is 9.09 Å². The molecule has 3 heterocycles. The molecule has 5 nitrogen and oxygen atoms in total. The van der Waals surface area contributed by atoms with Gasteiger partial charge in [-0.3, -0.25) is 0 Å². The molecule has 0 fully saturated rings. The summed E-state index contributed by atoms with van der Waals surface area (Å²) in [5.74, 6) is 1.91. The van der Waals surface area contributed by atoms with Crippen molar-refractivity contribution in [2.75, 3.05) is 0 Å². The van der Waals surface area contributed by atoms with Gasteiger partial charge in [0.15, 0.2) is 16.7 Å². The fourth-order valence-electron chi connectivity index (χ4n) is 2.78. The highest BCUT2D eigenvalue weighted by molar-refractivity contribution is 7.98. The Labute approximate surface area is 164 Å². The maximum absolute atomic E-state index is 13.1. The van der Waals surface area contributed by atoms with Gasteiger partial charge in [-0.2, -0.15) is 0 Å². The predicted molar refractivity (Wildman–Crippen MR) is 105 cm³/mol. The van der Waals surface area contributed by atoms with Crippen LogP contribution in [-0.4, -0.2) is 19.9 Å². The summed E-state index contributed by atoms with van der Waals surface area (Å²) in [7, 11) is 0. The molecule has 0 aliphatic rings. The molecule has 4 aromatic rings. The van der Waals surface area contributed by atoms with E-state index in [9.17, 15) is 4.39 Å². The van der Waals surface area contributed by atoms with E-state index in [-0.39, 0.29) is 5.82 Å². The minimum Gasteiger partial charge on any atom is -0.356 e. The number of halogens is 1. The van der Waals surface area contributed by atoms with Gasteiger partial charge in [-0.25, -0.2) is 4.39 Å². The summed E-state index contributed by atoms with van der Waals surface area (Å²) in [5.41, 5.74) is 2.62. The first kappa shape index (κ1) is 17.9. The zero-order valence-corrected chi connectivity index (χ0v) is 16.5. The van der Waals surface area contributed by atoms with Gasteiger partial charge in [-0.1, -0.05) is 23.0 Å². The third-order valence-electron chi connectivity index (χ3n) is 4.24. The average molecular weight is 401 g/mol. The molecular weight excluding hydrogens is 383 g/mol. The molecule has 3 aromatic heterocycles. The van der Waals surface area contributed by atoms with E-state index in [1.54, 1.807) is 35.2 Å². The Morgan fingerprint density at radius 1 is 1.19 bits per heavy atom. The molecule has 0 saturated carbocycles. The van der Waals surface area contributed by atoms with Crippen molar-refractivity contribution in [1.29, 1.82) is 0 Å². The van der Waals surface area contributed by atoms with Crippen LogP contribution in [0.4, 0.5) is 4.39 Å². The molecule has 0 saturated heterocycles. The summed E-state index contributed by atoms with van der Waals surface area (Å²) in [6.07, 6.45) is 0. The van der Waals surface area contributed by atoms with Crippen LogP contribution in [0.15, 0.2) is 51.5 Å². The topological polar surface area (TPSA) is 56.7 Å². The summed E-state index contributed by atoms with van der Waals surface area (Å²) in [6, 6.07) is 10.3. The van der Waals surface area contributed by atoms with E-state index in [0.717, 1.165) is 39.2 Å². The summed E-state index contributed by atoms with van der Waals surface area (Å²) in [6.45, 7) is 4.84. The van der Waals surface area contributed by atoms with Gasteiger partial charge in [0.05, 0.1) is 10.6 Å². The lowest BCUT2D eigenvalue weighted by Crippen LogP contribution is -1.99. The number of thioether (sulfide) groups is 1. The number of rotatable bonds is 6. The van der Waals surface area contributed by atoms with Crippen LogP contribution in [0.25, 0.3) is 22.0 Å². The maximum Gasteiger partial charge on any atom is 0.191 e. The Morgan fingerprint density at radius 3 is 2.70 bits per heavy atom. The number of nitrogens with zero attached hydrogens (tertiary/aromatic N) is 4. The average Bonchev–Trinajstić information content (AvgIpc) is 3.40. The Kier molecular flexibility index (Phi) is 5.09. The molecule has 138 valence electrons. The minimum absolute atomic E-state index is 0.271. The van der Waals surface area contributed by atoms with Crippen LogP contribution in [0, 0.1) is 12.7 Å². The quantitative estimate of drug-likeness (QED) is 0.404. The van der Waals surface area contributed by atoms with Crippen LogP contribution < -0.4 is 0 Å². The number of hydrogen-bond acceptors (Lipinski definition) is 6. The van der Waals surface area contributed by atoms with Crippen molar-refractivity contribution in [3.8, 4) is 22.0 Å². The molecule has 0 atom stereocenters. The second-order valence-electron chi connectivity index (χ2n) is 5.91. The predicted octanol–water partition coefficient (Wildman–Crippen LogP) is 5.42. The molecule has 27 heavy (non-hydrogen) atoms. The van der Waals surface area contributed by atoms with Gasteiger partial charge in [0.25, 0.3) is 0 Å². The highest BCUT2D eigenvalue weighted by atomic mass is 32.2. The molecule has 0 bridgehead atoms.